The Labute approximate surface area is 293 Å². The van der Waals surface area contributed by atoms with Gasteiger partial charge in [-0.3, -0.25) is 14.4 Å². The molecule has 2 fully saturated rings. The summed E-state index contributed by atoms with van der Waals surface area (Å²) < 4.78 is 36.5. The van der Waals surface area contributed by atoms with Crippen LogP contribution in [0.3, 0.4) is 0 Å². The van der Waals surface area contributed by atoms with Crippen LogP contribution in [-0.4, -0.2) is 109 Å². The van der Waals surface area contributed by atoms with Gasteiger partial charge in [-0.15, -0.1) is 0 Å². The number of nitrogens with one attached hydrogen (secondary N) is 4. The molecule has 0 radical (unpaired) electrons. The molecule has 2 aliphatic rings. The maximum atomic E-state index is 15.6. The lowest BCUT2D eigenvalue weighted by molar-refractivity contribution is -0.215. The summed E-state index contributed by atoms with van der Waals surface area (Å²) in [4.78, 5) is 67.1. The van der Waals surface area contributed by atoms with Crippen molar-refractivity contribution in [2.45, 2.75) is 103 Å². The molecule has 15 heteroatoms. The van der Waals surface area contributed by atoms with Crippen molar-refractivity contribution in [2.24, 2.45) is 17.1 Å². The van der Waals surface area contributed by atoms with Crippen LogP contribution in [0.4, 0.5) is 18.4 Å². The first kappa shape index (κ1) is 40.4. The van der Waals surface area contributed by atoms with Gasteiger partial charge in [0, 0.05) is 33.2 Å². The Morgan fingerprint density at radius 3 is 2.16 bits per heavy atom. The number of rotatable bonds is 14. The van der Waals surface area contributed by atoms with Crippen molar-refractivity contribution in [2.75, 3.05) is 39.8 Å². The summed E-state index contributed by atoms with van der Waals surface area (Å²) >= 11 is 0. The quantitative estimate of drug-likeness (QED) is 0.185. The summed E-state index contributed by atoms with van der Waals surface area (Å²) in [6.07, 6.45) is 0.805. The summed E-state index contributed by atoms with van der Waals surface area (Å²) in [6, 6.07) is 5.67. The van der Waals surface area contributed by atoms with Crippen molar-refractivity contribution < 1.29 is 37.5 Å². The van der Waals surface area contributed by atoms with E-state index in [2.05, 4.69) is 21.3 Å². The van der Waals surface area contributed by atoms with E-state index in [9.17, 15) is 24.0 Å². The van der Waals surface area contributed by atoms with Crippen molar-refractivity contribution in [1.82, 2.24) is 31.1 Å². The Balaban J connectivity index is 1.71. The van der Waals surface area contributed by atoms with Gasteiger partial charge in [0.05, 0.1) is 18.0 Å². The summed E-state index contributed by atoms with van der Waals surface area (Å²) in [6.45, 7) is 8.18. The van der Waals surface area contributed by atoms with Crippen molar-refractivity contribution in [3.05, 3.63) is 35.9 Å². The highest BCUT2D eigenvalue weighted by molar-refractivity contribution is 5.93. The molecule has 1 aromatic rings. The van der Waals surface area contributed by atoms with Gasteiger partial charge < -0.3 is 41.5 Å². The maximum Gasteiger partial charge on any atom is 0.407 e. The topological polar surface area (TPSA) is 175 Å². The van der Waals surface area contributed by atoms with E-state index in [0.29, 0.717) is 12.8 Å². The number of alkyl carbamates (subject to hydrolysis) is 1. The summed E-state index contributed by atoms with van der Waals surface area (Å²) in [5.41, 5.74) is 4.94. The second kappa shape index (κ2) is 17.3. The summed E-state index contributed by atoms with van der Waals surface area (Å²) in [5.74, 6) is -5.09. The van der Waals surface area contributed by atoms with Gasteiger partial charge in [-0.25, -0.2) is 18.4 Å². The second-order valence-electron chi connectivity index (χ2n) is 14.9. The van der Waals surface area contributed by atoms with E-state index in [1.54, 1.807) is 20.8 Å². The Kier molecular flexibility index (Phi) is 14.0. The fourth-order valence-electron chi connectivity index (χ4n) is 6.25. The number of amides is 6. The molecule has 2 heterocycles. The molecule has 13 nitrogen and oxygen atoms in total. The third-order valence-electron chi connectivity index (χ3n) is 9.00. The van der Waals surface area contributed by atoms with Crippen LogP contribution in [0.5, 0.6) is 0 Å². The number of unbranched alkanes of at least 4 members (excludes halogenated alkanes) is 1. The van der Waals surface area contributed by atoms with Crippen LogP contribution in [0, 0.1) is 11.3 Å². The van der Waals surface area contributed by atoms with Crippen LogP contribution < -0.4 is 27.0 Å². The van der Waals surface area contributed by atoms with Crippen LogP contribution in [0.2, 0.25) is 0 Å². The third-order valence-corrected chi connectivity index (χ3v) is 9.00. The number of ether oxygens (including phenoxy) is 1. The van der Waals surface area contributed by atoms with E-state index >= 15 is 8.78 Å². The number of nitrogens with two attached hydrogens (primary N) is 1. The van der Waals surface area contributed by atoms with Crippen LogP contribution in [0.25, 0.3) is 0 Å². The molecule has 0 aliphatic carbocycles. The monoisotopic (exact) mass is 707 g/mol. The molecule has 6 N–H and O–H groups in total. The molecule has 0 bridgehead atoms. The van der Waals surface area contributed by atoms with Gasteiger partial charge in [-0.1, -0.05) is 44.2 Å². The van der Waals surface area contributed by atoms with Crippen molar-refractivity contribution in [3.8, 4) is 0 Å². The van der Waals surface area contributed by atoms with Gasteiger partial charge in [-0.05, 0) is 70.8 Å². The smallest absolute Gasteiger partial charge is 0.407 e. The number of carbonyl (C=O) groups excluding carboxylic acids is 5. The molecule has 0 saturated carbocycles. The molecule has 6 amide bonds. The summed E-state index contributed by atoms with van der Waals surface area (Å²) in [5, 5.41) is 10.6. The fourth-order valence-corrected chi connectivity index (χ4v) is 6.25. The Bertz CT molecular complexity index is 1330. The zero-order chi connectivity index (χ0) is 37.3. The molecule has 2 aliphatic heterocycles. The number of nitrogens with zero attached hydrogens (tertiary/aromatic N) is 2. The minimum absolute atomic E-state index is 0.00889. The second-order valence-corrected chi connectivity index (χ2v) is 14.9. The highest BCUT2D eigenvalue weighted by Crippen LogP contribution is 2.50. The first-order chi connectivity index (χ1) is 23.4. The molecule has 50 heavy (non-hydrogen) atoms. The number of hydrogen-bond acceptors (Lipinski definition) is 7. The normalized spacial score (nSPS) is 18.4. The molecule has 2 saturated heterocycles. The first-order valence-electron chi connectivity index (χ1n) is 17.4. The molecule has 3 rings (SSSR count). The van der Waals surface area contributed by atoms with Gasteiger partial charge in [0.15, 0.2) is 0 Å². The SMILES string of the molecule is CNC(=O)N1CC2(CCN(C(=O)[C@@H](CCCCNC(=O)OC(C)(C)C)NC(=O)[C@@H](CC(C)C)NC(=O)[C@H](N)Cc3ccccc3)CC2(F)F)C1. The zero-order valence-electron chi connectivity index (χ0n) is 30.2. The average molecular weight is 708 g/mol. The predicted octanol–water partition coefficient (Wildman–Crippen LogP) is 2.78. The summed E-state index contributed by atoms with van der Waals surface area (Å²) in [7, 11) is 1.44. The van der Waals surface area contributed by atoms with E-state index in [-0.39, 0.29) is 57.8 Å². The van der Waals surface area contributed by atoms with Gasteiger partial charge >= 0.3 is 12.1 Å². The molecule has 280 valence electrons. The number of likely N-dealkylation sites (tertiary alicyclic amines) is 2. The molecular formula is C35H55F2N7O6. The van der Waals surface area contributed by atoms with Crippen molar-refractivity contribution in [1.29, 1.82) is 0 Å². The highest BCUT2D eigenvalue weighted by Gasteiger charge is 2.64. The number of hydrogen-bond donors (Lipinski definition) is 5. The lowest BCUT2D eigenvalue weighted by Crippen LogP contribution is -2.72. The zero-order valence-corrected chi connectivity index (χ0v) is 30.2. The standard InChI is InChI=1S/C35H55F2N7O6/c1-23(2)18-27(42-28(45)25(38)19-24-12-8-7-9-13-24)29(46)41-26(14-10-11-16-40-32(49)50-33(3,4)5)30(47)43-17-15-34(35(36,37)22-43)20-44(21-34)31(48)39-6/h7-9,12-13,23,25-27H,10-11,14-22,38H2,1-6H3,(H,39,48)(H,40,49)(H,41,46)(H,42,45)/t25-,26-,27-/m1/s1. The van der Waals surface area contributed by atoms with Crippen molar-refractivity contribution >= 4 is 29.8 Å². The van der Waals surface area contributed by atoms with Crippen LogP contribution in [0.1, 0.15) is 72.3 Å². The lowest BCUT2D eigenvalue weighted by atomic mass is 9.69. The molecule has 1 spiro atoms. The third kappa shape index (κ3) is 11.3. The molecule has 1 aromatic carbocycles. The molecule has 0 aromatic heterocycles. The van der Waals surface area contributed by atoms with Gasteiger partial charge in [0.1, 0.15) is 17.7 Å². The van der Waals surface area contributed by atoms with Crippen LogP contribution >= 0.6 is 0 Å². The van der Waals surface area contributed by atoms with Crippen LogP contribution in [-0.2, 0) is 25.5 Å². The number of benzene rings is 1. The molecule has 3 atom stereocenters. The van der Waals surface area contributed by atoms with E-state index in [0.717, 1.165) is 10.5 Å². The number of urea groups is 1. The van der Waals surface area contributed by atoms with E-state index < -0.39 is 71.5 Å². The molecule has 0 unspecified atom stereocenters. The van der Waals surface area contributed by atoms with Crippen molar-refractivity contribution in [3.63, 3.8) is 0 Å². The van der Waals surface area contributed by atoms with Crippen LogP contribution in [0.15, 0.2) is 30.3 Å². The van der Waals surface area contributed by atoms with Gasteiger partial charge in [0.2, 0.25) is 17.7 Å². The van der Waals surface area contributed by atoms with E-state index in [1.807, 2.05) is 44.2 Å². The Hall–Kier alpha value is -4.01. The van der Waals surface area contributed by atoms with E-state index in [4.69, 9.17) is 10.5 Å². The minimum atomic E-state index is -3.26. The number of carbonyl (C=O) groups is 5. The lowest BCUT2D eigenvalue weighted by Gasteiger charge is -2.57. The Morgan fingerprint density at radius 2 is 1.58 bits per heavy atom. The largest absolute Gasteiger partial charge is 0.444 e. The van der Waals surface area contributed by atoms with E-state index in [1.165, 1.54) is 11.9 Å². The number of piperidine rings is 1. The molecular weight excluding hydrogens is 652 g/mol. The predicted molar refractivity (Wildman–Crippen MR) is 184 cm³/mol. The number of halogens is 2. The van der Waals surface area contributed by atoms with Gasteiger partial charge in [-0.2, -0.15) is 0 Å². The fraction of sp³-hybridized carbons (Fsp3) is 0.686. The maximum absolute atomic E-state index is 15.6. The first-order valence-corrected chi connectivity index (χ1v) is 17.4. The van der Waals surface area contributed by atoms with Gasteiger partial charge in [0.25, 0.3) is 5.92 Å². The Morgan fingerprint density at radius 1 is 0.940 bits per heavy atom. The highest BCUT2D eigenvalue weighted by atomic mass is 19.3. The average Bonchev–Trinajstić information content (AvgIpc) is 3.00. The minimum Gasteiger partial charge on any atom is -0.444 e. The number of alkyl halides is 2.